The lowest BCUT2D eigenvalue weighted by molar-refractivity contribution is -0.0149. The topological polar surface area (TPSA) is 9.23 Å². The molecule has 0 saturated carbocycles. The van der Waals surface area contributed by atoms with Gasteiger partial charge in [0.05, 0.1) is 17.6 Å². The van der Waals surface area contributed by atoms with E-state index in [2.05, 4.69) is 40.9 Å². The van der Waals surface area contributed by atoms with E-state index < -0.39 is 0 Å². The Morgan fingerprint density at radius 1 is 1.56 bits per heavy atom. The molecular formula is C15H20BrClO. The Labute approximate surface area is 124 Å². The van der Waals surface area contributed by atoms with Gasteiger partial charge in [-0.3, -0.25) is 0 Å². The van der Waals surface area contributed by atoms with Crippen LogP contribution in [0.25, 0.3) is 0 Å². The van der Waals surface area contributed by atoms with Crippen LogP contribution < -0.4 is 0 Å². The summed E-state index contributed by atoms with van der Waals surface area (Å²) in [6.45, 7) is 2.14. The molecule has 4 atom stereocenters. The van der Waals surface area contributed by atoms with Crippen molar-refractivity contribution in [2.45, 2.75) is 55.0 Å². The van der Waals surface area contributed by atoms with E-state index in [1.54, 1.807) is 6.08 Å². The number of halogens is 2. The lowest BCUT2D eigenvalue weighted by Gasteiger charge is -2.30. The monoisotopic (exact) mass is 330 g/mol. The molecule has 0 fully saturated rings. The van der Waals surface area contributed by atoms with Crippen LogP contribution in [0, 0.1) is 12.3 Å². The van der Waals surface area contributed by atoms with Gasteiger partial charge in [0.25, 0.3) is 0 Å². The molecule has 1 nitrogen and oxygen atoms in total. The lowest BCUT2D eigenvalue weighted by atomic mass is 10.0. The van der Waals surface area contributed by atoms with E-state index in [9.17, 15) is 0 Å². The van der Waals surface area contributed by atoms with Crippen LogP contribution in [0.2, 0.25) is 0 Å². The highest BCUT2D eigenvalue weighted by atomic mass is 79.9. The van der Waals surface area contributed by atoms with Crippen molar-refractivity contribution in [3.8, 4) is 12.3 Å². The molecular weight excluding hydrogens is 312 g/mol. The summed E-state index contributed by atoms with van der Waals surface area (Å²) in [5, 5.41) is -0.0360. The number of allylic oxidation sites excluding steroid dienone is 3. The minimum atomic E-state index is -0.0360. The Balaban J connectivity index is 2.62. The van der Waals surface area contributed by atoms with E-state index in [0.717, 1.165) is 25.7 Å². The Morgan fingerprint density at radius 3 is 2.94 bits per heavy atom. The van der Waals surface area contributed by atoms with Crippen LogP contribution >= 0.6 is 27.5 Å². The molecule has 1 aliphatic heterocycles. The molecule has 0 N–H and O–H groups in total. The second kappa shape index (κ2) is 8.80. The zero-order valence-electron chi connectivity index (χ0n) is 10.7. The van der Waals surface area contributed by atoms with E-state index in [-0.39, 0.29) is 17.6 Å². The van der Waals surface area contributed by atoms with Crippen LogP contribution in [0.1, 0.15) is 32.6 Å². The average molecular weight is 332 g/mol. The molecule has 0 aromatic rings. The van der Waals surface area contributed by atoms with Crippen molar-refractivity contribution < 1.29 is 4.74 Å². The summed E-state index contributed by atoms with van der Waals surface area (Å²) < 4.78 is 6.13. The highest BCUT2D eigenvalue weighted by molar-refractivity contribution is 9.09. The molecule has 0 amide bonds. The van der Waals surface area contributed by atoms with E-state index >= 15 is 0 Å². The first-order valence-corrected chi connectivity index (χ1v) is 7.74. The summed E-state index contributed by atoms with van der Waals surface area (Å²) in [7, 11) is 0. The maximum atomic E-state index is 6.40. The molecule has 0 aromatic carbocycles. The molecule has 4 unspecified atom stereocenters. The van der Waals surface area contributed by atoms with E-state index in [1.807, 2.05) is 6.08 Å². The highest BCUT2D eigenvalue weighted by Gasteiger charge is 2.26. The molecule has 18 heavy (non-hydrogen) atoms. The van der Waals surface area contributed by atoms with E-state index in [1.165, 1.54) is 0 Å². The van der Waals surface area contributed by atoms with Gasteiger partial charge in [0, 0.05) is 4.83 Å². The Kier molecular flexibility index (Phi) is 7.74. The van der Waals surface area contributed by atoms with Crippen LogP contribution in [0.3, 0.4) is 0 Å². The maximum Gasteiger partial charge on any atom is 0.0780 e. The number of rotatable bonds is 4. The molecule has 0 aromatic heterocycles. The SMILES string of the molecule is C#C/C=C\CC(Cl)C1C/C=C\CC(Br)C(CC)O1. The van der Waals surface area contributed by atoms with Crippen LogP contribution in [-0.2, 0) is 4.74 Å². The summed E-state index contributed by atoms with van der Waals surface area (Å²) in [5.41, 5.74) is 0. The Hall–Kier alpha value is -0.230. The zero-order valence-corrected chi connectivity index (χ0v) is 13.0. The molecule has 0 spiro atoms. The van der Waals surface area contributed by atoms with Crippen molar-refractivity contribution in [2.24, 2.45) is 0 Å². The second-order valence-electron chi connectivity index (χ2n) is 4.40. The number of ether oxygens (including phenoxy) is 1. The van der Waals surface area contributed by atoms with Crippen molar-refractivity contribution >= 4 is 27.5 Å². The third-order valence-electron chi connectivity index (χ3n) is 3.03. The normalized spacial score (nSPS) is 32.4. The van der Waals surface area contributed by atoms with Crippen molar-refractivity contribution in [3.05, 3.63) is 24.3 Å². The summed E-state index contributed by atoms with van der Waals surface area (Å²) in [4.78, 5) is 0.367. The average Bonchev–Trinajstić information content (AvgIpc) is 2.35. The van der Waals surface area contributed by atoms with Crippen molar-refractivity contribution in [2.75, 3.05) is 0 Å². The fraction of sp³-hybridized carbons (Fsp3) is 0.600. The Morgan fingerprint density at radius 2 is 2.28 bits per heavy atom. The molecule has 1 heterocycles. The number of terminal acetylenes is 1. The molecule has 0 saturated heterocycles. The van der Waals surface area contributed by atoms with Gasteiger partial charge in [0.15, 0.2) is 0 Å². The minimum absolute atomic E-state index is 0.0360. The van der Waals surface area contributed by atoms with Gasteiger partial charge in [-0.2, -0.15) is 0 Å². The fourth-order valence-electron chi connectivity index (χ4n) is 1.98. The molecule has 0 aliphatic carbocycles. The van der Waals surface area contributed by atoms with Crippen LogP contribution in [0.15, 0.2) is 24.3 Å². The van der Waals surface area contributed by atoms with Gasteiger partial charge >= 0.3 is 0 Å². The summed E-state index contributed by atoms with van der Waals surface area (Å²) in [6.07, 6.45) is 17.0. The van der Waals surface area contributed by atoms with Crippen LogP contribution in [0.4, 0.5) is 0 Å². The predicted octanol–water partition coefficient (Wildman–Crippen LogP) is 4.45. The molecule has 1 rings (SSSR count). The first kappa shape index (κ1) is 15.8. The van der Waals surface area contributed by atoms with Gasteiger partial charge in [0.1, 0.15) is 0 Å². The van der Waals surface area contributed by atoms with Gasteiger partial charge in [-0.25, -0.2) is 0 Å². The summed E-state index contributed by atoms with van der Waals surface area (Å²) >= 11 is 10.1. The van der Waals surface area contributed by atoms with Crippen LogP contribution in [-0.4, -0.2) is 22.4 Å². The lowest BCUT2D eigenvalue weighted by Crippen LogP contribution is -2.34. The highest BCUT2D eigenvalue weighted by Crippen LogP contribution is 2.26. The summed E-state index contributed by atoms with van der Waals surface area (Å²) in [6, 6.07) is 0. The molecule has 3 heteroatoms. The van der Waals surface area contributed by atoms with Gasteiger partial charge < -0.3 is 4.74 Å². The quantitative estimate of drug-likeness (QED) is 0.420. The molecule has 0 radical (unpaired) electrons. The number of alkyl halides is 2. The van der Waals surface area contributed by atoms with Gasteiger partial charge in [-0.05, 0) is 31.8 Å². The second-order valence-corrected chi connectivity index (χ2v) is 6.14. The number of hydrogen-bond acceptors (Lipinski definition) is 1. The third-order valence-corrected chi connectivity index (χ3v) is 4.45. The smallest absolute Gasteiger partial charge is 0.0780 e. The molecule has 1 aliphatic rings. The third kappa shape index (κ3) is 5.18. The maximum absolute atomic E-state index is 6.40. The van der Waals surface area contributed by atoms with Gasteiger partial charge in [-0.15, -0.1) is 18.0 Å². The van der Waals surface area contributed by atoms with E-state index in [0.29, 0.717) is 4.83 Å². The van der Waals surface area contributed by atoms with Crippen molar-refractivity contribution in [3.63, 3.8) is 0 Å². The first-order chi connectivity index (χ1) is 8.69. The van der Waals surface area contributed by atoms with Crippen molar-refractivity contribution in [1.82, 2.24) is 0 Å². The van der Waals surface area contributed by atoms with Gasteiger partial charge in [0.2, 0.25) is 0 Å². The Bertz CT molecular complexity index is 332. The first-order valence-electron chi connectivity index (χ1n) is 6.38. The fourth-order valence-corrected chi connectivity index (χ4v) is 2.96. The van der Waals surface area contributed by atoms with Crippen molar-refractivity contribution in [1.29, 1.82) is 0 Å². The largest absolute Gasteiger partial charge is 0.372 e. The molecule has 100 valence electrons. The molecule has 0 bridgehead atoms. The predicted molar refractivity (Wildman–Crippen MR) is 82.3 cm³/mol. The van der Waals surface area contributed by atoms with Gasteiger partial charge in [-0.1, -0.05) is 47.0 Å². The number of hydrogen-bond donors (Lipinski definition) is 0. The minimum Gasteiger partial charge on any atom is -0.372 e. The van der Waals surface area contributed by atoms with Crippen LogP contribution in [0.5, 0.6) is 0 Å². The zero-order chi connectivity index (χ0) is 13.4. The standard InChI is InChI=1S/C15H20BrClO/c1-3-5-6-10-13(17)15-11-8-7-9-12(16)14(4-2)18-15/h1,5-8,12-15H,4,9-11H2,2H3/b6-5-,8-7-. The van der Waals surface area contributed by atoms with E-state index in [4.69, 9.17) is 22.8 Å². The summed E-state index contributed by atoms with van der Waals surface area (Å²) in [5.74, 6) is 2.47.